The number of nitrogens with zero attached hydrogens (tertiary/aromatic N) is 2. The fourth-order valence-corrected chi connectivity index (χ4v) is 2.20. The van der Waals surface area contributed by atoms with Crippen molar-refractivity contribution in [1.82, 2.24) is 15.2 Å². The number of hydrogen-bond acceptors (Lipinski definition) is 4. The fraction of sp³-hybridized carbons (Fsp3) is 0.385. The van der Waals surface area contributed by atoms with Crippen LogP contribution in [0.15, 0.2) is 24.3 Å². The smallest absolute Gasteiger partial charge is 0.331 e. The van der Waals surface area contributed by atoms with E-state index < -0.39 is 0 Å². The van der Waals surface area contributed by atoms with E-state index in [1.807, 2.05) is 6.07 Å². The number of amides is 3. The first-order valence-corrected chi connectivity index (χ1v) is 6.35. The van der Waals surface area contributed by atoms with Crippen molar-refractivity contribution < 1.29 is 14.3 Å². The molecule has 1 aliphatic rings. The van der Waals surface area contributed by atoms with E-state index >= 15 is 0 Å². The Balaban J connectivity index is 2.03. The highest BCUT2D eigenvalue weighted by Gasteiger charge is 2.25. The molecule has 2 rings (SSSR count). The lowest BCUT2D eigenvalue weighted by atomic mass is 10.1. The van der Waals surface area contributed by atoms with Crippen LogP contribution in [0.1, 0.15) is 10.4 Å². The number of piperazine rings is 1. The third-order valence-electron chi connectivity index (χ3n) is 3.31. The Kier molecular flexibility index (Phi) is 4.41. The topological polar surface area (TPSA) is 87.9 Å². The molecule has 0 aliphatic carbocycles. The minimum absolute atomic E-state index is 0.0877. The van der Waals surface area contributed by atoms with Gasteiger partial charge in [0.2, 0.25) is 0 Å². The Morgan fingerprint density at radius 1 is 1.15 bits per heavy atom. The molecule has 7 nitrogen and oxygen atoms in total. The van der Waals surface area contributed by atoms with Gasteiger partial charge in [-0.2, -0.15) is 0 Å². The minimum Gasteiger partial charge on any atom is -0.496 e. The van der Waals surface area contributed by atoms with Gasteiger partial charge in [0.15, 0.2) is 0 Å². The number of carbonyl (C=O) groups is 2. The van der Waals surface area contributed by atoms with Gasteiger partial charge in [-0.15, -0.1) is 0 Å². The number of benzene rings is 1. The average Bonchev–Trinajstić information content (AvgIpc) is 2.53. The Morgan fingerprint density at radius 3 is 2.35 bits per heavy atom. The summed E-state index contributed by atoms with van der Waals surface area (Å²) in [5.41, 5.74) is 2.63. The monoisotopic (exact) mass is 278 g/mol. The second-order valence-corrected chi connectivity index (χ2v) is 4.43. The fourth-order valence-electron chi connectivity index (χ4n) is 2.20. The van der Waals surface area contributed by atoms with Crippen LogP contribution < -0.4 is 16.0 Å². The molecule has 1 heterocycles. The summed E-state index contributed by atoms with van der Waals surface area (Å²) in [6.07, 6.45) is 0. The molecule has 3 N–H and O–H groups in total. The second-order valence-electron chi connectivity index (χ2n) is 4.43. The van der Waals surface area contributed by atoms with E-state index in [0.717, 1.165) is 0 Å². The van der Waals surface area contributed by atoms with Gasteiger partial charge in [-0.1, -0.05) is 12.1 Å². The Bertz CT molecular complexity index is 498. The van der Waals surface area contributed by atoms with Gasteiger partial charge in [-0.3, -0.25) is 10.2 Å². The zero-order valence-corrected chi connectivity index (χ0v) is 11.3. The molecule has 1 aromatic rings. The van der Waals surface area contributed by atoms with Crippen molar-refractivity contribution in [1.29, 1.82) is 0 Å². The van der Waals surface area contributed by atoms with Crippen molar-refractivity contribution in [2.45, 2.75) is 0 Å². The highest BCUT2D eigenvalue weighted by Crippen LogP contribution is 2.20. The molecule has 1 aromatic carbocycles. The van der Waals surface area contributed by atoms with Crippen LogP contribution in [0.5, 0.6) is 5.75 Å². The predicted molar refractivity (Wildman–Crippen MR) is 73.2 cm³/mol. The van der Waals surface area contributed by atoms with E-state index in [2.05, 4.69) is 5.43 Å². The summed E-state index contributed by atoms with van der Waals surface area (Å²) >= 11 is 0. The van der Waals surface area contributed by atoms with E-state index in [9.17, 15) is 9.59 Å². The number of rotatable bonds is 2. The van der Waals surface area contributed by atoms with Gasteiger partial charge < -0.3 is 14.5 Å². The first-order chi connectivity index (χ1) is 9.67. The van der Waals surface area contributed by atoms with Crippen LogP contribution in [-0.4, -0.2) is 55.0 Å². The molecule has 1 aliphatic heterocycles. The van der Waals surface area contributed by atoms with Crippen LogP contribution in [-0.2, 0) is 0 Å². The number of urea groups is 1. The van der Waals surface area contributed by atoms with E-state index in [-0.39, 0.29) is 11.9 Å². The lowest BCUT2D eigenvalue weighted by Crippen LogP contribution is -2.54. The van der Waals surface area contributed by atoms with Crippen LogP contribution >= 0.6 is 0 Å². The Morgan fingerprint density at radius 2 is 1.75 bits per heavy atom. The molecule has 0 saturated carbocycles. The van der Waals surface area contributed by atoms with Crippen molar-refractivity contribution >= 4 is 11.9 Å². The molecule has 0 unspecified atom stereocenters. The van der Waals surface area contributed by atoms with Gasteiger partial charge in [0.1, 0.15) is 5.75 Å². The molecule has 1 fully saturated rings. The number of carbonyl (C=O) groups excluding carboxylic acids is 2. The van der Waals surface area contributed by atoms with E-state index in [1.54, 1.807) is 28.0 Å². The second kappa shape index (κ2) is 6.25. The number of methoxy groups -OCH3 is 1. The number of ether oxygens (including phenoxy) is 1. The first-order valence-electron chi connectivity index (χ1n) is 6.35. The summed E-state index contributed by atoms with van der Waals surface area (Å²) in [6, 6.07) is 6.78. The first kappa shape index (κ1) is 14.1. The average molecular weight is 278 g/mol. The predicted octanol–water partition coefficient (Wildman–Crippen LogP) is 0.0363. The van der Waals surface area contributed by atoms with Crippen molar-refractivity contribution in [2.24, 2.45) is 5.84 Å². The lowest BCUT2D eigenvalue weighted by Gasteiger charge is -2.34. The van der Waals surface area contributed by atoms with Crippen LogP contribution in [0, 0.1) is 0 Å². The number of hydrogen-bond donors (Lipinski definition) is 2. The maximum Gasteiger partial charge on any atom is 0.331 e. The highest BCUT2D eigenvalue weighted by molar-refractivity contribution is 5.97. The number of hydrazine groups is 1. The zero-order chi connectivity index (χ0) is 14.5. The van der Waals surface area contributed by atoms with E-state index in [0.29, 0.717) is 37.5 Å². The summed E-state index contributed by atoms with van der Waals surface area (Å²) in [5.74, 6) is 5.56. The van der Waals surface area contributed by atoms with Gasteiger partial charge in [-0.05, 0) is 12.1 Å². The van der Waals surface area contributed by atoms with Gasteiger partial charge in [-0.25, -0.2) is 10.6 Å². The van der Waals surface area contributed by atoms with E-state index in [1.165, 1.54) is 7.11 Å². The summed E-state index contributed by atoms with van der Waals surface area (Å²) in [4.78, 5) is 27.1. The summed E-state index contributed by atoms with van der Waals surface area (Å²) < 4.78 is 5.20. The van der Waals surface area contributed by atoms with Crippen molar-refractivity contribution in [3.63, 3.8) is 0 Å². The SMILES string of the molecule is COc1ccccc1C(=O)N1CCN(C(=O)NN)CC1. The number of nitrogens with two attached hydrogens (primary N) is 1. The summed E-state index contributed by atoms with van der Waals surface area (Å²) in [6.45, 7) is 1.88. The van der Waals surface area contributed by atoms with Crippen LogP contribution in [0.4, 0.5) is 4.79 Å². The molecule has 0 atom stereocenters. The Hall–Kier alpha value is -2.28. The standard InChI is InChI=1S/C13H18N4O3/c1-20-11-5-3-2-4-10(11)12(18)16-6-8-17(9-7-16)13(19)15-14/h2-5H,6-9,14H2,1H3,(H,15,19). The van der Waals surface area contributed by atoms with Crippen molar-refractivity contribution in [3.05, 3.63) is 29.8 Å². The van der Waals surface area contributed by atoms with Gasteiger partial charge in [0, 0.05) is 26.2 Å². The molecule has 1 saturated heterocycles. The van der Waals surface area contributed by atoms with Crippen molar-refractivity contribution in [3.8, 4) is 5.75 Å². The van der Waals surface area contributed by atoms with Gasteiger partial charge in [0.25, 0.3) is 5.91 Å². The van der Waals surface area contributed by atoms with Crippen LogP contribution in [0.2, 0.25) is 0 Å². The minimum atomic E-state index is -0.325. The molecule has 0 radical (unpaired) electrons. The molecular formula is C13H18N4O3. The third-order valence-corrected chi connectivity index (χ3v) is 3.31. The number of para-hydroxylation sites is 1. The molecular weight excluding hydrogens is 260 g/mol. The van der Waals surface area contributed by atoms with Gasteiger partial charge >= 0.3 is 6.03 Å². The molecule has 0 spiro atoms. The molecule has 3 amide bonds. The normalized spacial score (nSPS) is 14.9. The molecule has 0 aromatic heterocycles. The maximum absolute atomic E-state index is 12.4. The summed E-state index contributed by atoms with van der Waals surface area (Å²) in [5, 5.41) is 0. The van der Waals surface area contributed by atoms with Crippen molar-refractivity contribution in [2.75, 3.05) is 33.3 Å². The molecule has 108 valence electrons. The maximum atomic E-state index is 12.4. The largest absolute Gasteiger partial charge is 0.496 e. The molecule has 0 bridgehead atoms. The zero-order valence-electron chi connectivity index (χ0n) is 11.3. The lowest BCUT2D eigenvalue weighted by molar-refractivity contribution is 0.0662. The molecule has 7 heteroatoms. The van der Waals surface area contributed by atoms with Crippen LogP contribution in [0.25, 0.3) is 0 Å². The van der Waals surface area contributed by atoms with E-state index in [4.69, 9.17) is 10.6 Å². The highest BCUT2D eigenvalue weighted by atomic mass is 16.5. The quantitative estimate of drug-likeness (QED) is 0.454. The third kappa shape index (κ3) is 2.83. The van der Waals surface area contributed by atoms with Gasteiger partial charge in [0.05, 0.1) is 12.7 Å². The van der Waals surface area contributed by atoms with Crippen LogP contribution in [0.3, 0.4) is 0 Å². The Labute approximate surface area is 117 Å². The summed E-state index contributed by atoms with van der Waals surface area (Å²) in [7, 11) is 1.54. The number of nitrogens with one attached hydrogen (secondary N) is 1. The molecule has 20 heavy (non-hydrogen) atoms.